The van der Waals surface area contributed by atoms with E-state index >= 15 is 0 Å². The van der Waals surface area contributed by atoms with Gasteiger partial charge in [0.25, 0.3) is 0 Å². The lowest BCUT2D eigenvalue weighted by Gasteiger charge is -2.39. The Kier molecular flexibility index (Phi) is 11.3. The Bertz CT molecular complexity index is 1960. The summed E-state index contributed by atoms with van der Waals surface area (Å²) in [6.45, 7) is 13.2. The van der Waals surface area contributed by atoms with Gasteiger partial charge in [0, 0.05) is 24.3 Å². The molecule has 1 N–H and O–H groups in total. The van der Waals surface area contributed by atoms with Crippen molar-refractivity contribution in [1.29, 1.82) is 0 Å². The fourth-order valence-electron chi connectivity index (χ4n) is 7.99. The first kappa shape index (κ1) is 41.2. The average molecular weight is 804 g/mol. The molecule has 3 saturated carbocycles. The van der Waals surface area contributed by atoms with Crippen LogP contribution in [0.2, 0.25) is 5.02 Å². The van der Waals surface area contributed by atoms with Crippen LogP contribution >= 0.6 is 11.6 Å². The molecule has 6 rings (SSSR count). The molecule has 1 saturated heterocycles. The summed E-state index contributed by atoms with van der Waals surface area (Å²) in [5.74, 6) is -2.44. The fourth-order valence-corrected chi connectivity index (χ4v) is 9.38. The molecular weight excluding hydrogens is 750 g/mol. The van der Waals surface area contributed by atoms with Crippen LogP contribution in [0.1, 0.15) is 113 Å². The van der Waals surface area contributed by atoms with Crippen molar-refractivity contribution in [3.8, 4) is 11.6 Å². The summed E-state index contributed by atoms with van der Waals surface area (Å²) in [5, 5.41) is 1.01. The largest absolute Gasteiger partial charge is 0.488 e. The minimum absolute atomic E-state index is 0.0140. The molecule has 302 valence electrons. The molecule has 2 heterocycles. The number of nitrogens with one attached hydrogen (secondary N) is 1. The van der Waals surface area contributed by atoms with E-state index in [-0.39, 0.29) is 31.7 Å². The Balaban J connectivity index is 1.29. The average Bonchev–Trinajstić information content (AvgIpc) is 3.94. The summed E-state index contributed by atoms with van der Waals surface area (Å²) in [5.41, 5.74) is -2.89. The number of hydrogen-bond acceptors (Lipinski definition) is 11. The van der Waals surface area contributed by atoms with Crippen molar-refractivity contribution in [3.05, 3.63) is 29.3 Å². The number of hydrogen-bond donors (Lipinski definition) is 1. The molecule has 0 unspecified atom stereocenters. The normalized spacial score (nSPS) is 25.7. The first-order valence-electron chi connectivity index (χ1n) is 19.4. The maximum Gasteiger partial charge on any atom is 0.362 e. The molecule has 1 aromatic heterocycles. The molecule has 5 atom stereocenters. The smallest absolute Gasteiger partial charge is 0.362 e. The van der Waals surface area contributed by atoms with Gasteiger partial charge in [-0.25, -0.2) is 13.9 Å². The van der Waals surface area contributed by atoms with Gasteiger partial charge in [-0.05, 0) is 82.8 Å². The highest BCUT2D eigenvalue weighted by Crippen LogP contribution is 2.58. The standard InChI is InChI=1S/C40H54ClN3O10S/c1-8-24-21-40(24,36(48)43-55(49,50)54-39(7)16-17-39)22-30(45)29-18-25(52-31-20-32(51-9-2)42-34-26(31)12-10-13-28(34)41)23-44(29)35(47)27(37(3,4)5)19-33(46)53-38(6)14-11-15-38/h10,12-13,20,24-25,27,29H,8-9,11,14-19,21-23H2,1-7H3,(H,43,48)/t24-,25-,27-,29+,40-/m1/s1. The summed E-state index contributed by atoms with van der Waals surface area (Å²) in [6.07, 6.45) is 3.40. The molecule has 2 aromatic rings. The lowest BCUT2D eigenvalue weighted by molar-refractivity contribution is -0.170. The Morgan fingerprint density at radius 3 is 2.36 bits per heavy atom. The molecule has 55 heavy (non-hydrogen) atoms. The second-order valence-electron chi connectivity index (χ2n) is 17.4. The predicted octanol–water partition coefficient (Wildman–Crippen LogP) is 6.48. The van der Waals surface area contributed by atoms with Crippen LogP contribution in [0.25, 0.3) is 10.9 Å². The molecule has 15 heteroatoms. The molecule has 0 spiro atoms. The Morgan fingerprint density at radius 2 is 1.78 bits per heavy atom. The Hall–Kier alpha value is -3.49. The maximum absolute atomic E-state index is 14.7. The molecule has 1 aromatic carbocycles. The topological polar surface area (TPSA) is 167 Å². The van der Waals surface area contributed by atoms with Gasteiger partial charge in [0.2, 0.25) is 17.7 Å². The number of nitrogens with zero attached hydrogens (tertiary/aromatic N) is 2. The number of Topliss-reactive ketones (excluding diaryl/α,β-unsaturated/α-hetero) is 1. The number of pyridine rings is 1. The number of halogens is 1. The number of likely N-dealkylation sites (tertiary alicyclic amines) is 1. The predicted molar refractivity (Wildman–Crippen MR) is 205 cm³/mol. The number of fused-ring (bicyclic) bond motifs is 1. The number of amides is 2. The number of ketones is 1. The van der Waals surface area contributed by atoms with Gasteiger partial charge in [0.15, 0.2) is 5.78 Å². The number of rotatable bonds is 16. The third-order valence-electron chi connectivity index (χ3n) is 11.9. The molecule has 4 aliphatic rings. The molecule has 0 radical (unpaired) electrons. The second kappa shape index (κ2) is 15.1. The highest BCUT2D eigenvalue weighted by atomic mass is 35.5. The van der Waals surface area contributed by atoms with E-state index in [9.17, 15) is 27.6 Å². The van der Waals surface area contributed by atoms with Gasteiger partial charge in [-0.1, -0.05) is 51.8 Å². The van der Waals surface area contributed by atoms with Crippen LogP contribution in [0, 0.1) is 22.7 Å². The van der Waals surface area contributed by atoms with Crippen LogP contribution in [0.5, 0.6) is 11.6 Å². The molecule has 0 bridgehead atoms. The van der Waals surface area contributed by atoms with E-state index in [0.717, 1.165) is 19.3 Å². The highest BCUT2D eigenvalue weighted by Gasteiger charge is 2.62. The van der Waals surface area contributed by atoms with Gasteiger partial charge < -0.3 is 19.1 Å². The minimum Gasteiger partial charge on any atom is -0.488 e. The summed E-state index contributed by atoms with van der Waals surface area (Å²) in [7, 11) is -4.42. The number of aromatic nitrogens is 1. The van der Waals surface area contributed by atoms with E-state index in [1.807, 2.05) is 47.6 Å². The first-order chi connectivity index (χ1) is 25.7. The molecule has 1 aliphatic heterocycles. The van der Waals surface area contributed by atoms with E-state index in [4.69, 9.17) is 30.0 Å². The van der Waals surface area contributed by atoms with Gasteiger partial charge in [-0.3, -0.25) is 19.2 Å². The van der Waals surface area contributed by atoms with Crippen molar-refractivity contribution in [2.24, 2.45) is 22.7 Å². The van der Waals surface area contributed by atoms with Gasteiger partial charge in [-0.15, -0.1) is 0 Å². The molecule has 3 aliphatic carbocycles. The van der Waals surface area contributed by atoms with Crippen LogP contribution < -0.4 is 14.2 Å². The van der Waals surface area contributed by atoms with Crippen LogP contribution in [0.4, 0.5) is 0 Å². The number of benzene rings is 1. The molecule has 13 nitrogen and oxygen atoms in total. The number of para-hydroxylation sites is 1. The zero-order valence-corrected chi connectivity index (χ0v) is 34.4. The number of esters is 1. The molecule has 2 amide bonds. The number of carbonyl (C=O) groups is 4. The van der Waals surface area contributed by atoms with Crippen molar-refractivity contribution in [3.63, 3.8) is 0 Å². The SMILES string of the molecule is CCOc1cc(O[C@@H]2C[C@@H](C(=O)C[C@]3(C(=O)NS(=O)(=O)OC4(C)CC4)C[C@H]3CC)N(C(=O)[C@@H](CC(=O)OC3(C)CCC3)C(C)(C)C)C2)c2cccc(Cl)c2n1. The van der Waals surface area contributed by atoms with E-state index in [2.05, 4.69) is 9.71 Å². The van der Waals surface area contributed by atoms with Crippen molar-refractivity contribution < 1.29 is 46.0 Å². The van der Waals surface area contributed by atoms with Gasteiger partial charge in [-0.2, -0.15) is 8.42 Å². The lowest BCUT2D eigenvalue weighted by Crippen LogP contribution is -2.49. The summed E-state index contributed by atoms with van der Waals surface area (Å²) in [4.78, 5) is 62.3. The van der Waals surface area contributed by atoms with Crippen LogP contribution in [0.15, 0.2) is 24.3 Å². The van der Waals surface area contributed by atoms with Gasteiger partial charge in [0.05, 0.1) is 53.1 Å². The van der Waals surface area contributed by atoms with Gasteiger partial charge >= 0.3 is 16.3 Å². The summed E-state index contributed by atoms with van der Waals surface area (Å²) >= 11 is 6.52. The molecular formula is C40H54ClN3O10S. The zero-order chi connectivity index (χ0) is 40.1. The minimum atomic E-state index is -4.42. The monoisotopic (exact) mass is 803 g/mol. The van der Waals surface area contributed by atoms with Crippen LogP contribution in [-0.4, -0.2) is 78.4 Å². The molecule has 4 fully saturated rings. The maximum atomic E-state index is 14.7. The van der Waals surface area contributed by atoms with Crippen molar-refractivity contribution in [2.45, 2.75) is 136 Å². The summed E-state index contributed by atoms with van der Waals surface area (Å²) < 4.78 is 51.2. The van der Waals surface area contributed by atoms with Crippen LogP contribution in [-0.2, 0) is 38.4 Å². The third kappa shape index (κ3) is 9.06. The van der Waals surface area contributed by atoms with Crippen molar-refractivity contribution in [1.82, 2.24) is 14.6 Å². The van der Waals surface area contributed by atoms with Crippen molar-refractivity contribution >= 4 is 56.4 Å². The number of carbonyl (C=O) groups excluding carboxylic acids is 4. The zero-order valence-electron chi connectivity index (χ0n) is 32.9. The van der Waals surface area contributed by atoms with Gasteiger partial charge in [0.1, 0.15) is 17.5 Å². The lowest BCUT2D eigenvalue weighted by atomic mass is 9.77. The first-order valence-corrected chi connectivity index (χ1v) is 21.2. The third-order valence-corrected chi connectivity index (χ3v) is 13.2. The van der Waals surface area contributed by atoms with E-state index in [1.165, 1.54) is 4.90 Å². The fraction of sp³-hybridized carbons (Fsp3) is 0.675. The Labute approximate surface area is 328 Å². The summed E-state index contributed by atoms with van der Waals surface area (Å²) in [6, 6.07) is 5.92. The van der Waals surface area contributed by atoms with E-state index < -0.39 is 74.0 Å². The second-order valence-corrected chi connectivity index (χ2v) is 19.1. The quantitative estimate of drug-likeness (QED) is 0.185. The number of ether oxygens (including phenoxy) is 3. The van der Waals surface area contributed by atoms with Crippen LogP contribution in [0.3, 0.4) is 0 Å². The van der Waals surface area contributed by atoms with E-state index in [1.54, 1.807) is 25.1 Å². The van der Waals surface area contributed by atoms with Crippen molar-refractivity contribution in [2.75, 3.05) is 13.2 Å². The van der Waals surface area contributed by atoms with E-state index in [0.29, 0.717) is 59.8 Å². The Morgan fingerprint density at radius 1 is 1.07 bits per heavy atom. The highest BCUT2D eigenvalue weighted by molar-refractivity contribution is 7.85.